The molecule has 10 heteroatoms. The van der Waals surface area contributed by atoms with Gasteiger partial charge in [0.1, 0.15) is 0 Å². The second-order valence-electron chi connectivity index (χ2n) is 8.25. The van der Waals surface area contributed by atoms with E-state index in [1.54, 1.807) is 7.11 Å². The lowest BCUT2D eigenvalue weighted by molar-refractivity contribution is -0.114. The zero-order valence-corrected chi connectivity index (χ0v) is 20.1. The topological polar surface area (TPSA) is 108 Å². The van der Waals surface area contributed by atoms with E-state index in [1.165, 1.54) is 18.7 Å². The Morgan fingerprint density at radius 1 is 1.21 bits per heavy atom. The number of amides is 1. The molecule has 0 radical (unpaired) electrons. The SMILES string of the molecule is COc1c(Nc2cc(C)[nH]n2)nc(Sc2ccc(NC(C)=O)cc2)nc1N1CCC(C)CC1. The quantitative estimate of drug-likeness (QED) is 0.433. The number of H-pyrrole nitrogens is 1. The molecule has 1 fully saturated rings. The van der Waals surface area contributed by atoms with Gasteiger partial charge < -0.3 is 20.3 Å². The maximum atomic E-state index is 11.3. The summed E-state index contributed by atoms with van der Waals surface area (Å²) in [7, 11) is 1.64. The molecule has 9 nitrogen and oxygen atoms in total. The highest BCUT2D eigenvalue weighted by molar-refractivity contribution is 7.99. The second kappa shape index (κ2) is 10.1. The van der Waals surface area contributed by atoms with Crippen LogP contribution in [0.2, 0.25) is 0 Å². The number of anilines is 4. The number of hydrogen-bond acceptors (Lipinski definition) is 8. The van der Waals surface area contributed by atoms with Crippen molar-refractivity contribution in [2.45, 2.75) is 43.7 Å². The van der Waals surface area contributed by atoms with Crippen LogP contribution in [0, 0.1) is 12.8 Å². The zero-order valence-electron chi connectivity index (χ0n) is 19.3. The minimum absolute atomic E-state index is 0.0984. The largest absolute Gasteiger partial charge is 0.490 e. The Labute approximate surface area is 197 Å². The zero-order chi connectivity index (χ0) is 23.4. The van der Waals surface area contributed by atoms with Gasteiger partial charge in [0.15, 0.2) is 22.6 Å². The van der Waals surface area contributed by atoms with Gasteiger partial charge in [-0.25, -0.2) is 9.97 Å². The summed E-state index contributed by atoms with van der Waals surface area (Å²) >= 11 is 1.46. The Morgan fingerprint density at radius 3 is 2.55 bits per heavy atom. The molecule has 1 saturated heterocycles. The van der Waals surface area contributed by atoms with Gasteiger partial charge in [0.05, 0.1) is 7.11 Å². The molecule has 0 saturated carbocycles. The first-order valence-electron chi connectivity index (χ1n) is 11.0. The van der Waals surface area contributed by atoms with Gasteiger partial charge in [0.25, 0.3) is 0 Å². The second-order valence-corrected chi connectivity index (χ2v) is 9.29. The van der Waals surface area contributed by atoms with Crippen molar-refractivity contribution in [2.24, 2.45) is 5.92 Å². The van der Waals surface area contributed by atoms with E-state index in [-0.39, 0.29) is 5.91 Å². The predicted molar refractivity (Wildman–Crippen MR) is 131 cm³/mol. The van der Waals surface area contributed by atoms with E-state index >= 15 is 0 Å². The number of rotatable bonds is 7. The molecule has 1 aromatic carbocycles. The van der Waals surface area contributed by atoms with E-state index < -0.39 is 0 Å². The molecule has 33 heavy (non-hydrogen) atoms. The van der Waals surface area contributed by atoms with Crippen LogP contribution in [0.1, 0.15) is 32.4 Å². The fraction of sp³-hybridized carbons (Fsp3) is 0.391. The molecule has 1 amide bonds. The van der Waals surface area contributed by atoms with Crippen molar-refractivity contribution in [3.8, 4) is 5.75 Å². The van der Waals surface area contributed by atoms with Crippen LogP contribution < -0.4 is 20.3 Å². The number of aryl methyl sites for hydroxylation is 1. The number of nitrogens with one attached hydrogen (secondary N) is 3. The van der Waals surface area contributed by atoms with Crippen molar-refractivity contribution in [3.05, 3.63) is 36.0 Å². The summed E-state index contributed by atoms with van der Waals surface area (Å²) < 4.78 is 5.78. The molecule has 1 aliphatic heterocycles. The Bertz CT molecular complexity index is 1110. The molecule has 174 valence electrons. The summed E-state index contributed by atoms with van der Waals surface area (Å²) in [5.74, 6) is 3.23. The van der Waals surface area contributed by atoms with Crippen LogP contribution in [0.15, 0.2) is 40.4 Å². The van der Waals surface area contributed by atoms with Crippen LogP contribution in [0.25, 0.3) is 0 Å². The number of methoxy groups -OCH3 is 1. The van der Waals surface area contributed by atoms with Crippen LogP contribution >= 0.6 is 11.8 Å². The lowest BCUT2D eigenvalue weighted by atomic mass is 9.99. The van der Waals surface area contributed by atoms with Crippen LogP contribution in [0.5, 0.6) is 5.75 Å². The van der Waals surface area contributed by atoms with Crippen LogP contribution in [-0.4, -0.2) is 46.3 Å². The van der Waals surface area contributed by atoms with Crippen molar-refractivity contribution in [1.82, 2.24) is 20.2 Å². The van der Waals surface area contributed by atoms with Gasteiger partial charge in [-0.3, -0.25) is 9.89 Å². The van der Waals surface area contributed by atoms with Crippen LogP contribution in [-0.2, 0) is 4.79 Å². The van der Waals surface area contributed by atoms with Gasteiger partial charge >= 0.3 is 0 Å². The third-order valence-corrected chi connectivity index (χ3v) is 6.32. The third-order valence-electron chi connectivity index (χ3n) is 5.45. The summed E-state index contributed by atoms with van der Waals surface area (Å²) in [6.07, 6.45) is 2.23. The number of piperidine rings is 1. The molecule has 3 heterocycles. The monoisotopic (exact) mass is 467 g/mol. The van der Waals surface area contributed by atoms with Gasteiger partial charge in [-0.05, 0) is 61.7 Å². The maximum Gasteiger partial charge on any atom is 0.221 e. The van der Waals surface area contributed by atoms with E-state index in [0.717, 1.165) is 48.0 Å². The van der Waals surface area contributed by atoms with Gasteiger partial charge in [-0.1, -0.05) is 6.92 Å². The van der Waals surface area contributed by atoms with E-state index in [1.807, 2.05) is 37.3 Å². The Hall–Kier alpha value is -3.27. The average molecular weight is 468 g/mol. The molecule has 3 N–H and O–H groups in total. The predicted octanol–water partition coefficient (Wildman–Crippen LogP) is 4.61. The molecule has 3 aromatic rings. The average Bonchev–Trinajstić information content (AvgIpc) is 3.19. The maximum absolute atomic E-state index is 11.3. The summed E-state index contributed by atoms with van der Waals surface area (Å²) in [6, 6.07) is 9.53. The van der Waals surface area contributed by atoms with Crippen molar-refractivity contribution in [3.63, 3.8) is 0 Å². The Kier molecular flexibility index (Phi) is 7.02. The number of aromatic amines is 1. The highest BCUT2D eigenvalue weighted by atomic mass is 32.2. The van der Waals surface area contributed by atoms with Gasteiger partial charge in [0.2, 0.25) is 11.7 Å². The first-order chi connectivity index (χ1) is 15.9. The number of carbonyl (C=O) groups is 1. The lowest BCUT2D eigenvalue weighted by Gasteiger charge is -2.32. The van der Waals surface area contributed by atoms with E-state index in [4.69, 9.17) is 14.7 Å². The van der Waals surface area contributed by atoms with Crippen molar-refractivity contribution >= 4 is 40.8 Å². The highest BCUT2D eigenvalue weighted by Gasteiger charge is 2.25. The molecule has 0 aliphatic carbocycles. The molecule has 0 spiro atoms. The number of benzene rings is 1. The van der Waals surface area contributed by atoms with Gasteiger partial charge in [-0.2, -0.15) is 5.10 Å². The molecule has 0 atom stereocenters. The minimum atomic E-state index is -0.0984. The molecular formula is C23H29N7O2S. The summed E-state index contributed by atoms with van der Waals surface area (Å²) in [6.45, 7) is 7.57. The molecule has 0 bridgehead atoms. The Morgan fingerprint density at radius 2 is 1.94 bits per heavy atom. The summed E-state index contributed by atoms with van der Waals surface area (Å²) in [5.41, 5.74) is 1.70. The molecule has 2 aromatic heterocycles. The smallest absolute Gasteiger partial charge is 0.221 e. The highest BCUT2D eigenvalue weighted by Crippen LogP contribution is 2.39. The fourth-order valence-corrected chi connectivity index (χ4v) is 4.44. The van der Waals surface area contributed by atoms with Gasteiger partial charge in [0, 0.05) is 42.4 Å². The Balaban J connectivity index is 1.67. The van der Waals surface area contributed by atoms with Crippen molar-refractivity contribution in [1.29, 1.82) is 0 Å². The van der Waals surface area contributed by atoms with Crippen molar-refractivity contribution in [2.75, 3.05) is 35.7 Å². The molecule has 1 aliphatic rings. The normalized spacial score (nSPS) is 14.2. The molecular weight excluding hydrogens is 438 g/mol. The number of ether oxygens (including phenoxy) is 1. The first-order valence-corrected chi connectivity index (χ1v) is 11.8. The summed E-state index contributed by atoms with van der Waals surface area (Å²) in [4.78, 5) is 24.1. The van der Waals surface area contributed by atoms with Crippen molar-refractivity contribution < 1.29 is 9.53 Å². The number of nitrogens with zero attached hydrogens (tertiary/aromatic N) is 4. The molecule has 0 unspecified atom stereocenters. The number of hydrogen-bond donors (Lipinski definition) is 3. The fourth-order valence-electron chi connectivity index (χ4n) is 3.69. The van der Waals surface area contributed by atoms with Crippen LogP contribution in [0.3, 0.4) is 0 Å². The lowest BCUT2D eigenvalue weighted by Crippen LogP contribution is -2.34. The van der Waals surface area contributed by atoms with E-state index in [9.17, 15) is 4.79 Å². The molecule has 4 rings (SSSR count). The van der Waals surface area contributed by atoms with E-state index in [0.29, 0.717) is 28.5 Å². The number of aromatic nitrogens is 4. The minimum Gasteiger partial charge on any atom is -0.490 e. The van der Waals surface area contributed by atoms with Gasteiger partial charge in [-0.15, -0.1) is 0 Å². The first kappa shape index (κ1) is 22.9. The van der Waals surface area contributed by atoms with E-state index in [2.05, 4.69) is 32.7 Å². The third kappa shape index (κ3) is 5.75. The summed E-state index contributed by atoms with van der Waals surface area (Å²) in [5, 5.41) is 13.9. The standard InChI is InChI=1S/C23H29N7O2S/c1-14-9-11-30(12-10-14)22-20(32-4)21(25-19-13-15(2)28-29-19)26-23(27-22)33-18-7-5-17(6-8-18)24-16(3)31/h5-8,13-14H,9-12H2,1-4H3,(H,24,31)(H2,25,26,27,28,29). The number of carbonyl (C=O) groups excluding carboxylic acids is 1. The van der Waals surface area contributed by atoms with Crippen LogP contribution in [0.4, 0.5) is 23.1 Å².